The summed E-state index contributed by atoms with van der Waals surface area (Å²) in [5, 5.41) is 11.5. The normalized spacial score (nSPS) is 11.4. The van der Waals surface area contributed by atoms with Crippen LogP contribution in [0.1, 0.15) is 11.1 Å². The molecular formula is C15H15FN2O2S. The van der Waals surface area contributed by atoms with Crippen molar-refractivity contribution < 1.29 is 14.3 Å². The Kier molecular flexibility index (Phi) is 5.05. The van der Waals surface area contributed by atoms with E-state index in [9.17, 15) is 4.39 Å². The molecule has 0 aliphatic carbocycles. The molecule has 0 heterocycles. The molecule has 4 nitrogen and oxygen atoms in total. The molecule has 0 aliphatic heterocycles. The Labute approximate surface area is 126 Å². The molecule has 0 aromatic heterocycles. The van der Waals surface area contributed by atoms with E-state index in [2.05, 4.69) is 5.16 Å². The Morgan fingerprint density at radius 2 is 2.05 bits per heavy atom. The predicted molar refractivity (Wildman–Crippen MR) is 81.5 cm³/mol. The maximum atomic E-state index is 14.3. The first-order chi connectivity index (χ1) is 10.2. The lowest BCUT2D eigenvalue weighted by atomic mass is 10.1. The molecule has 0 spiro atoms. The number of methoxy groups -OCH3 is 1. The second kappa shape index (κ2) is 6.99. The molecule has 3 N–H and O–H groups in total. The van der Waals surface area contributed by atoms with E-state index in [1.54, 1.807) is 19.2 Å². The van der Waals surface area contributed by atoms with Gasteiger partial charge in [0.15, 0.2) is 5.84 Å². The molecule has 6 heteroatoms. The molecule has 2 aromatic rings. The molecule has 0 radical (unpaired) electrons. The van der Waals surface area contributed by atoms with Crippen molar-refractivity contribution in [3.8, 4) is 5.75 Å². The Morgan fingerprint density at radius 3 is 2.76 bits per heavy atom. The van der Waals surface area contributed by atoms with Crippen molar-refractivity contribution >= 4 is 17.6 Å². The number of hydrogen-bond donors (Lipinski definition) is 2. The second-order valence-corrected chi connectivity index (χ2v) is 5.22. The van der Waals surface area contributed by atoms with Gasteiger partial charge in [-0.15, -0.1) is 11.8 Å². The number of nitrogens with zero attached hydrogens (tertiary/aromatic N) is 1. The molecular weight excluding hydrogens is 291 g/mol. The average molecular weight is 306 g/mol. The molecule has 0 atom stereocenters. The summed E-state index contributed by atoms with van der Waals surface area (Å²) in [6, 6.07) is 12.4. The predicted octanol–water partition coefficient (Wildman–Crippen LogP) is 3.22. The minimum absolute atomic E-state index is 0.0932. The molecule has 21 heavy (non-hydrogen) atoms. The van der Waals surface area contributed by atoms with Crippen LogP contribution in [0.3, 0.4) is 0 Å². The van der Waals surface area contributed by atoms with Gasteiger partial charge in [0.2, 0.25) is 0 Å². The van der Waals surface area contributed by atoms with Gasteiger partial charge in [0.25, 0.3) is 0 Å². The van der Waals surface area contributed by atoms with E-state index >= 15 is 0 Å². The lowest BCUT2D eigenvalue weighted by molar-refractivity contribution is 0.318. The molecule has 2 rings (SSSR count). The molecule has 0 saturated heterocycles. The number of nitrogens with two attached hydrogens (primary N) is 1. The minimum Gasteiger partial charge on any atom is -0.496 e. The van der Waals surface area contributed by atoms with Gasteiger partial charge in [-0.25, -0.2) is 4.39 Å². The van der Waals surface area contributed by atoms with Crippen molar-refractivity contribution in [1.82, 2.24) is 0 Å². The van der Waals surface area contributed by atoms with Crippen molar-refractivity contribution in [2.75, 3.05) is 7.11 Å². The van der Waals surface area contributed by atoms with E-state index < -0.39 is 5.82 Å². The average Bonchev–Trinajstić information content (AvgIpc) is 2.53. The van der Waals surface area contributed by atoms with Gasteiger partial charge in [-0.1, -0.05) is 29.4 Å². The third-order valence-corrected chi connectivity index (χ3v) is 4.02. The summed E-state index contributed by atoms with van der Waals surface area (Å²) in [6.45, 7) is 0. The molecule has 110 valence electrons. The number of para-hydroxylation sites is 1. The molecule has 0 fully saturated rings. The molecule has 0 saturated carbocycles. The van der Waals surface area contributed by atoms with Gasteiger partial charge >= 0.3 is 0 Å². The van der Waals surface area contributed by atoms with Crippen LogP contribution in [0.2, 0.25) is 0 Å². The van der Waals surface area contributed by atoms with Crippen LogP contribution in [-0.4, -0.2) is 18.2 Å². The van der Waals surface area contributed by atoms with Crippen LogP contribution >= 0.6 is 11.8 Å². The minimum atomic E-state index is -0.477. The summed E-state index contributed by atoms with van der Waals surface area (Å²) >= 11 is 1.46. The second-order valence-electron chi connectivity index (χ2n) is 4.20. The molecule has 0 aliphatic rings. The van der Waals surface area contributed by atoms with Crippen molar-refractivity contribution in [3.63, 3.8) is 0 Å². The van der Waals surface area contributed by atoms with Gasteiger partial charge in [-0.05, 0) is 23.8 Å². The summed E-state index contributed by atoms with van der Waals surface area (Å²) in [4.78, 5) is 0.925. The molecule has 0 amide bonds. The van der Waals surface area contributed by atoms with Gasteiger partial charge in [0.1, 0.15) is 11.6 Å². The maximum Gasteiger partial charge on any atom is 0.173 e. The van der Waals surface area contributed by atoms with Crippen LogP contribution in [0, 0.1) is 5.82 Å². The molecule has 0 bridgehead atoms. The smallest absolute Gasteiger partial charge is 0.173 e. The van der Waals surface area contributed by atoms with Crippen LogP contribution in [0.4, 0.5) is 4.39 Å². The summed E-state index contributed by atoms with van der Waals surface area (Å²) in [5.74, 6) is 0.445. The fourth-order valence-corrected chi connectivity index (χ4v) is 2.84. The highest BCUT2D eigenvalue weighted by Crippen LogP contribution is 2.32. The molecule has 2 aromatic carbocycles. The van der Waals surface area contributed by atoms with Gasteiger partial charge in [0.05, 0.1) is 12.7 Å². The van der Waals surface area contributed by atoms with Crippen LogP contribution < -0.4 is 10.5 Å². The SMILES string of the molecule is COc1ccccc1SCc1cccc(/C(N)=N/O)c1F. The lowest BCUT2D eigenvalue weighted by Gasteiger charge is -2.09. The van der Waals surface area contributed by atoms with Crippen molar-refractivity contribution in [3.05, 3.63) is 59.4 Å². The maximum absolute atomic E-state index is 14.3. The Morgan fingerprint density at radius 1 is 1.29 bits per heavy atom. The molecule has 0 unspecified atom stereocenters. The van der Waals surface area contributed by atoms with E-state index in [1.165, 1.54) is 17.8 Å². The first-order valence-electron chi connectivity index (χ1n) is 6.18. The first kappa shape index (κ1) is 15.2. The van der Waals surface area contributed by atoms with Crippen molar-refractivity contribution in [2.24, 2.45) is 10.9 Å². The van der Waals surface area contributed by atoms with E-state index in [0.717, 1.165) is 10.6 Å². The quantitative estimate of drug-likeness (QED) is 0.293. The third-order valence-electron chi connectivity index (χ3n) is 2.91. The number of ether oxygens (including phenoxy) is 1. The van der Waals surface area contributed by atoms with E-state index in [4.69, 9.17) is 15.7 Å². The summed E-state index contributed by atoms with van der Waals surface area (Å²) in [6.07, 6.45) is 0. The number of oxime groups is 1. The lowest BCUT2D eigenvalue weighted by Crippen LogP contribution is -2.15. The Bertz CT molecular complexity index is 662. The van der Waals surface area contributed by atoms with Crippen molar-refractivity contribution in [2.45, 2.75) is 10.6 Å². The van der Waals surface area contributed by atoms with Gasteiger partial charge < -0.3 is 15.7 Å². The summed E-state index contributed by atoms with van der Waals surface area (Å²) in [7, 11) is 1.60. The Balaban J connectivity index is 2.21. The standard InChI is InChI=1S/C15H15FN2O2S/c1-20-12-7-2-3-8-13(12)21-9-10-5-4-6-11(14(10)16)15(17)18-19/h2-8,19H,9H2,1H3,(H2,17,18). The zero-order valence-electron chi connectivity index (χ0n) is 11.4. The third kappa shape index (κ3) is 3.46. The summed E-state index contributed by atoms with van der Waals surface area (Å²) < 4.78 is 19.5. The van der Waals surface area contributed by atoms with E-state index in [1.807, 2.05) is 24.3 Å². The highest BCUT2D eigenvalue weighted by Gasteiger charge is 2.12. The van der Waals surface area contributed by atoms with Crippen LogP contribution in [0.25, 0.3) is 0 Å². The Hall–Kier alpha value is -2.21. The fraction of sp³-hybridized carbons (Fsp3) is 0.133. The number of amidine groups is 1. The van der Waals surface area contributed by atoms with Gasteiger partial charge in [-0.2, -0.15) is 0 Å². The van der Waals surface area contributed by atoms with Crippen LogP contribution in [0.15, 0.2) is 52.5 Å². The zero-order valence-corrected chi connectivity index (χ0v) is 12.2. The number of rotatable bonds is 5. The number of hydrogen-bond acceptors (Lipinski definition) is 4. The fourth-order valence-electron chi connectivity index (χ4n) is 1.84. The van der Waals surface area contributed by atoms with Gasteiger partial charge in [-0.3, -0.25) is 0 Å². The monoisotopic (exact) mass is 306 g/mol. The first-order valence-corrected chi connectivity index (χ1v) is 7.17. The van der Waals surface area contributed by atoms with E-state index in [-0.39, 0.29) is 11.4 Å². The van der Waals surface area contributed by atoms with E-state index in [0.29, 0.717) is 11.3 Å². The largest absolute Gasteiger partial charge is 0.496 e. The number of benzene rings is 2. The topological polar surface area (TPSA) is 67.8 Å². The number of thioether (sulfide) groups is 1. The number of halogens is 1. The van der Waals surface area contributed by atoms with Crippen LogP contribution in [-0.2, 0) is 5.75 Å². The highest BCUT2D eigenvalue weighted by molar-refractivity contribution is 7.98. The van der Waals surface area contributed by atoms with Crippen molar-refractivity contribution in [1.29, 1.82) is 0 Å². The van der Waals surface area contributed by atoms with Gasteiger partial charge in [0, 0.05) is 10.6 Å². The zero-order chi connectivity index (χ0) is 15.2. The van der Waals surface area contributed by atoms with Crippen LogP contribution in [0.5, 0.6) is 5.75 Å². The highest BCUT2D eigenvalue weighted by atomic mass is 32.2. The summed E-state index contributed by atoms with van der Waals surface area (Å²) in [5.41, 5.74) is 6.02.